The Kier molecular flexibility index (Phi) is 3.27. The van der Waals surface area contributed by atoms with Gasteiger partial charge in [0.2, 0.25) is 0 Å². The molecule has 0 spiro atoms. The molecule has 3 heterocycles. The van der Waals surface area contributed by atoms with Crippen LogP contribution in [0.25, 0.3) is 5.69 Å². The zero-order valence-corrected chi connectivity index (χ0v) is 12.4. The van der Waals surface area contributed by atoms with Gasteiger partial charge in [0.1, 0.15) is 6.33 Å². The number of rotatable bonds is 3. The fourth-order valence-corrected chi connectivity index (χ4v) is 3.56. The van der Waals surface area contributed by atoms with Gasteiger partial charge >= 0.3 is 0 Å². The predicted molar refractivity (Wildman–Crippen MR) is 80.7 cm³/mol. The van der Waals surface area contributed by atoms with Crippen molar-refractivity contribution in [2.45, 2.75) is 18.9 Å². The monoisotopic (exact) mass is 304 g/mol. The van der Waals surface area contributed by atoms with Crippen molar-refractivity contribution in [1.82, 2.24) is 25.1 Å². The highest BCUT2D eigenvalue weighted by molar-refractivity contribution is 6.33. The van der Waals surface area contributed by atoms with Crippen molar-refractivity contribution in [2.24, 2.45) is 5.92 Å². The minimum atomic E-state index is 0.505. The average Bonchev–Trinajstić information content (AvgIpc) is 3.14. The van der Waals surface area contributed by atoms with Crippen LogP contribution in [0.1, 0.15) is 12.8 Å². The van der Waals surface area contributed by atoms with E-state index in [2.05, 4.69) is 25.7 Å². The summed E-state index contributed by atoms with van der Waals surface area (Å²) in [4.78, 5) is 2.54. The molecule has 1 N–H and O–H groups in total. The first-order chi connectivity index (χ1) is 10.3. The number of nitrogens with one attached hydrogen (secondary N) is 1. The molecule has 0 amide bonds. The quantitative estimate of drug-likeness (QED) is 0.937. The number of hydrogen-bond donors (Lipinski definition) is 1. The molecule has 3 unspecified atom stereocenters. The van der Waals surface area contributed by atoms with Crippen molar-refractivity contribution < 1.29 is 0 Å². The second kappa shape index (κ2) is 5.27. The van der Waals surface area contributed by atoms with Crippen molar-refractivity contribution in [3.05, 3.63) is 29.5 Å². The van der Waals surface area contributed by atoms with E-state index in [1.54, 1.807) is 11.0 Å². The Morgan fingerprint density at radius 3 is 3.00 bits per heavy atom. The van der Waals surface area contributed by atoms with Gasteiger partial charge in [-0.1, -0.05) is 11.6 Å². The topological polar surface area (TPSA) is 58.9 Å². The highest BCUT2D eigenvalue weighted by atomic mass is 35.5. The number of benzene rings is 1. The average molecular weight is 305 g/mol. The standard InChI is InChI=1S/C14H17ClN6/c15-12-2-1-11(21-9-16-18-19-21)7-14(12)17-13-4-6-20-5-3-10(13)8-20/h1-2,7,9-10,13,17H,3-6,8H2. The Morgan fingerprint density at radius 1 is 1.24 bits per heavy atom. The number of fused-ring (bicyclic) bond motifs is 2. The molecular formula is C14H17ClN6. The van der Waals surface area contributed by atoms with Crippen molar-refractivity contribution in [3.63, 3.8) is 0 Å². The second-order valence-corrected chi connectivity index (χ2v) is 6.21. The lowest BCUT2D eigenvalue weighted by Crippen LogP contribution is -2.39. The number of piperidine rings is 1. The van der Waals surface area contributed by atoms with E-state index in [0.717, 1.165) is 22.3 Å². The summed E-state index contributed by atoms with van der Waals surface area (Å²) in [7, 11) is 0. The molecule has 2 fully saturated rings. The summed E-state index contributed by atoms with van der Waals surface area (Å²) in [5, 5.41) is 15.6. The summed E-state index contributed by atoms with van der Waals surface area (Å²) in [6.45, 7) is 3.63. The number of tetrazole rings is 1. The fraction of sp³-hybridized carbons (Fsp3) is 0.500. The molecule has 3 atom stereocenters. The molecule has 6 nitrogen and oxygen atoms in total. The SMILES string of the molecule is Clc1ccc(-n2cnnn2)cc1NC1CCN2CCC1C2. The molecule has 4 rings (SSSR count). The maximum Gasteiger partial charge on any atom is 0.143 e. The van der Waals surface area contributed by atoms with Gasteiger partial charge in [0.05, 0.1) is 16.4 Å². The van der Waals surface area contributed by atoms with E-state index >= 15 is 0 Å². The molecule has 110 valence electrons. The number of nitrogens with zero attached hydrogens (tertiary/aromatic N) is 5. The highest BCUT2D eigenvalue weighted by Crippen LogP contribution is 2.32. The van der Waals surface area contributed by atoms with E-state index in [1.807, 2.05) is 18.2 Å². The first-order valence-electron chi connectivity index (χ1n) is 7.31. The van der Waals surface area contributed by atoms with Crippen LogP contribution in [-0.2, 0) is 0 Å². The molecule has 7 heteroatoms. The molecule has 0 saturated carbocycles. The highest BCUT2D eigenvalue weighted by Gasteiger charge is 2.34. The molecule has 1 aromatic heterocycles. The van der Waals surface area contributed by atoms with Crippen LogP contribution in [-0.4, -0.2) is 50.8 Å². The van der Waals surface area contributed by atoms with Crippen molar-refractivity contribution in [3.8, 4) is 5.69 Å². The Morgan fingerprint density at radius 2 is 2.14 bits per heavy atom. The molecule has 0 aliphatic carbocycles. The minimum Gasteiger partial charge on any atom is -0.381 e. The number of hydrogen-bond acceptors (Lipinski definition) is 5. The molecule has 2 saturated heterocycles. The van der Waals surface area contributed by atoms with Gasteiger partial charge in [0.15, 0.2) is 0 Å². The third-order valence-corrected chi connectivity index (χ3v) is 4.87. The summed E-state index contributed by atoms with van der Waals surface area (Å²) in [6.07, 6.45) is 4.04. The van der Waals surface area contributed by atoms with Crippen LogP contribution < -0.4 is 5.32 Å². The Bertz CT molecular complexity index is 628. The van der Waals surface area contributed by atoms with E-state index < -0.39 is 0 Å². The molecule has 21 heavy (non-hydrogen) atoms. The first kappa shape index (κ1) is 13.0. The lowest BCUT2D eigenvalue weighted by Gasteiger charge is -2.32. The lowest BCUT2D eigenvalue weighted by atomic mass is 9.94. The van der Waals surface area contributed by atoms with Crippen LogP contribution >= 0.6 is 11.6 Å². The van der Waals surface area contributed by atoms with Gasteiger partial charge in [0, 0.05) is 19.1 Å². The van der Waals surface area contributed by atoms with Crippen LogP contribution in [0.3, 0.4) is 0 Å². The van der Waals surface area contributed by atoms with E-state index in [-0.39, 0.29) is 0 Å². The molecule has 2 aliphatic rings. The molecule has 2 aromatic rings. The maximum absolute atomic E-state index is 6.34. The number of halogens is 1. The third kappa shape index (κ3) is 2.49. The van der Waals surface area contributed by atoms with E-state index in [1.165, 1.54) is 32.5 Å². The smallest absolute Gasteiger partial charge is 0.143 e. The molecule has 2 bridgehead atoms. The summed E-state index contributed by atoms with van der Waals surface area (Å²) in [5.41, 5.74) is 1.88. The van der Waals surface area contributed by atoms with Gasteiger partial charge < -0.3 is 10.2 Å². The van der Waals surface area contributed by atoms with Gasteiger partial charge in [-0.25, -0.2) is 4.68 Å². The summed E-state index contributed by atoms with van der Waals surface area (Å²) in [6, 6.07) is 6.33. The molecule has 2 aliphatic heterocycles. The van der Waals surface area contributed by atoms with Crippen molar-refractivity contribution >= 4 is 17.3 Å². The molecule has 1 aromatic carbocycles. The van der Waals surface area contributed by atoms with Crippen LogP contribution in [0.2, 0.25) is 5.02 Å². The zero-order valence-electron chi connectivity index (χ0n) is 11.6. The van der Waals surface area contributed by atoms with Crippen LogP contribution in [0, 0.1) is 5.92 Å². The van der Waals surface area contributed by atoms with E-state index in [0.29, 0.717) is 6.04 Å². The first-order valence-corrected chi connectivity index (χ1v) is 7.69. The molecular weight excluding hydrogens is 288 g/mol. The predicted octanol–water partition coefficient (Wildman–Crippen LogP) is 1.82. The van der Waals surface area contributed by atoms with Gasteiger partial charge in [-0.15, -0.1) is 5.10 Å². The van der Waals surface area contributed by atoms with Gasteiger partial charge in [-0.3, -0.25) is 0 Å². The van der Waals surface area contributed by atoms with E-state index in [4.69, 9.17) is 11.6 Å². The normalized spacial score (nSPS) is 27.8. The molecule has 0 radical (unpaired) electrons. The van der Waals surface area contributed by atoms with Crippen molar-refractivity contribution in [2.75, 3.05) is 25.0 Å². The summed E-state index contributed by atoms with van der Waals surface area (Å²) >= 11 is 6.34. The number of anilines is 1. The maximum atomic E-state index is 6.34. The van der Waals surface area contributed by atoms with Gasteiger partial charge in [-0.05, 0) is 53.9 Å². The Hall–Kier alpha value is -1.66. The van der Waals surface area contributed by atoms with Crippen LogP contribution in [0.5, 0.6) is 0 Å². The fourth-order valence-electron chi connectivity index (χ4n) is 3.39. The van der Waals surface area contributed by atoms with Gasteiger partial charge in [-0.2, -0.15) is 0 Å². The Labute approximate surface area is 128 Å². The minimum absolute atomic E-state index is 0.505. The van der Waals surface area contributed by atoms with E-state index in [9.17, 15) is 0 Å². The summed E-state index contributed by atoms with van der Waals surface area (Å²) < 4.78 is 1.64. The lowest BCUT2D eigenvalue weighted by molar-refractivity contribution is 0.255. The van der Waals surface area contributed by atoms with Crippen molar-refractivity contribution in [1.29, 1.82) is 0 Å². The Balaban J connectivity index is 1.58. The zero-order chi connectivity index (χ0) is 14.2. The largest absolute Gasteiger partial charge is 0.381 e. The van der Waals surface area contributed by atoms with Crippen LogP contribution in [0.4, 0.5) is 5.69 Å². The summed E-state index contributed by atoms with van der Waals surface area (Å²) in [5.74, 6) is 0.728. The van der Waals surface area contributed by atoms with Gasteiger partial charge in [0.25, 0.3) is 0 Å². The number of aromatic nitrogens is 4. The third-order valence-electron chi connectivity index (χ3n) is 4.54. The van der Waals surface area contributed by atoms with Crippen LogP contribution in [0.15, 0.2) is 24.5 Å². The second-order valence-electron chi connectivity index (χ2n) is 5.81.